The minimum absolute atomic E-state index is 0.314. The molecule has 3 rings (SSSR count). The number of ether oxygens (including phenoxy) is 1. The van der Waals surface area contributed by atoms with E-state index in [1.165, 1.54) is 11.1 Å². The first-order valence-electron chi connectivity index (χ1n) is 6.10. The first kappa shape index (κ1) is 11.2. The molecule has 0 bridgehead atoms. The van der Waals surface area contributed by atoms with Crippen molar-refractivity contribution in [3.05, 3.63) is 47.7 Å². The fourth-order valence-electron chi connectivity index (χ4n) is 2.56. The van der Waals surface area contributed by atoms with Crippen molar-refractivity contribution in [1.29, 1.82) is 0 Å². The summed E-state index contributed by atoms with van der Waals surface area (Å²) in [6, 6.07) is 9.95. The number of aromatic nitrogens is 1. The van der Waals surface area contributed by atoms with Gasteiger partial charge in [-0.2, -0.15) is 0 Å². The summed E-state index contributed by atoms with van der Waals surface area (Å²) >= 11 is 0. The normalized spacial score (nSPS) is 17.6. The summed E-state index contributed by atoms with van der Waals surface area (Å²) in [6.45, 7) is 0. The van der Waals surface area contributed by atoms with Gasteiger partial charge in [0.2, 0.25) is 5.88 Å². The summed E-state index contributed by atoms with van der Waals surface area (Å²) < 4.78 is 5.06. The third-order valence-corrected chi connectivity index (χ3v) is 3.50. The van der Waals surface area contributed by atoms with E-state index in [0.717, 1.165) is 24.0 Å². The maximum absolute atomic E-state index is 9.90. The van der Waals surface area contributed by atoms with Crippen LogP contribution in [0.3, 0.4) is 0 Å². The zero-order valence-electron chi connectivity index (χ0n) is 10.3. The Morgan fingerprint density at radius 1 is 1.28 bits per heavy atom. The fourth-order valence-corrected chi connectivity index (χ4v) is 2.56. The average molecular weight is 241 g/mol. The largest absolute Gasteiger partial charge is 0.481 e. The van der Waals surface area contributed by atoms with Crippen LogP contribution in [0.25, 0.3) is 11.1 Å². The Balaban J connectivity index is 2.06. The Kier molecular flexibility index (Phi) is 2.76. The number of nitrogens with zero attached hydrogens (tertiary/aromatic N) is 1. The van der Waals surface area contributed by atoms with Gasteiger partial charge in [-0.1, -0.05) is 18.2 Å². The number of pyridine rings is 1. The van der Waals surface area contributed by atoms with E-state index in [4.69, 9.17) is 4.74 Å². The average Bonchev–Trinajstić information content (AvgIpc) is 2.81. The van der Waals surface area contributed by atoms with Gasteiger partial charge < -0.3 is 9.84 Å². The summed E-state index contributed by atoms with van der Waals surface area (Å²) in [6.07, 6.45) is 3.25. The number of methoxy groups -OCH3 is 1. The summed E-state index contributed by atoms with van der Waals surface area (Å²) in [5, 5.41) is 9.90. The van der Waals surface area contributed by atoms with Gasteiger partial charge in [-0.05, 0) is 35.6 Å². The number of benzene rings is 1. The van der Waals surface area contributed by atoms with Gasteiger partial charge in [0, 0.05) is 17.8 Å². The maximum Gasteiger partial charge on any atom is 0.212 e. The van der Waals surface area contributed by atoms with Crippen molar-refractivity contribution in [3.63, 3.8) is 0 Å². The molecule has 0 saturated carbocycles. The molecule has 0 amide bonds. The Morgan fingerprint density at radius 3 is 2.89 bits per heavy atom. The predicted molar refractivity (Wildman–Crippen MR) is 69.5 cm³/mol. The molecule has 1 aliphatic rings. The van der Waals surface area contributed by atoms with E-state index < -0.39 is 0 Å². The van der Waals surface area contributed by atoms with E-state index in [-0.39, 0.29) is 6.10 Å². The van der Waals surface area contributed by atoms with Gasteiger partial charge in [0.15, 0.2) is 0 Å². The smallest absolute Gasteiger partial charge is 0.212 e. The van der Waals surface area contributed by atoms with Crippen molar-refractivity contribution in [1.82, 2.24) is 4.98 Å². The minimum atomic E-state index is -0.314. The first-order chi connectivity index (χ1) is 8.79. The zero-order chi connectivity index (χ0) is 12.5. The van der Waals surface area contributed by atoms with E-state index in [1.807, 2.05) is 30.5 Å². The molecule has 0 spiro atoms. The number of aliphatic hydroxyl groups is 1. The van der Waals surface area contributed by atoms with Gasteiger partial charge in [0.25, 0.3) is 0 Å². The second-order valence-electron chi connectivity index (χ2n) is 4.52. The molecule has 1 aromatic heterocycles. The van der Waals surface area contributed by atoms with Crippen LogP contribution in [0.4, 0.5) is 0 Å². The van der Waals surface area contributed by atoms with Crippen LogP contribution in [0.2, 0.25) is 0 Å². The lowest BCUT2D eigenvalue weighted by Crippen LogP contribution is -1.92. The Labute approximate surface area is 106 Å². The summed E-state index contributed by atoms with van der Waals surface area (Å²) in [5.41, 5.74) is 4.54. The third kappa shape index (κ3) is 1.77. The molecule has 0 saturated heterocycles. The molecule has 3 heteroatoms. The van der Waals surface area contributed by atoms with Crippen LogP contribution in [0, 0.1) is 0 Å². The van der Waals surface area contributed by atoms with Crippen LogP contribution in [0.1, 0.15) is 23.7 Å². The second kappa shape index (κ2) is 4.42. The monoisotopic (exact) mass is 241 g/mol. The van der Waals surface area contributed by atoms with Crippen molar-refractivity contribution in [2.75, 3.05) is 7.11 Å². The van der Waals surface area contributed by atoms with E-state index >= 15 is 0 Å². The molecule has 1 atom stereocenters. The molecule has 18 heavy (non-hydrogen) atoms. The van der Waals surface area contributed by atoms with E-state index in [1.54, 1.807) is 7.11 Å². The van der Waals surface area contributed by atoms with Crippen molar-refractivity contribution >= 4 is 0 Å². The molecule has 92 valence electrons. The van der Waals surface area contributed by atoms with Gasteiger partial charge in [-0.15, -0.1) is 0 Å². The number of hydrogen-bond donors (Lipinski definition) is 1. The number of hydrogen-bond acceptors (Lipinski definition) is 3. The van der Waals surface area contributed by atoms with Crippen molar-refractivity contribution in [2.24, 2.45) is 0 Å². The minimum Gasteiger partial charge on any atom is -0.481 e. The molecule has 3 nitrogen and oxygen atoms in total. The molecule has 0 fully saturated rings. The lowest BCUT2D eigenvalue weighted by Gasteiger charge is -2.09. The number of aliphatic hydroxyl groups excluding tert-OH is 1. The van der Waals surface area contributed by atoms with Crippen LogP contribution >= 0.6 is 0 Å². The van der Waals surface area contributed by atoms with Crippen molar-refractivity contribution < 1.29 is 9.84 Å². The van der Waals surface area contributed by atoms with Crippen molar-refractivity contribution in [2.45, 2.75) is 18.9 Å². The van der Waals surface area contributed by atoms with E-state index in [2.05, 4.69) is 11.1 Å². The summed E-state index contributed by atoms with van der Waals surface area (Å²) in [5.74, 6) is 0.617. The van der Waals surface area contributed by atoms with Crippen LogP contribution in [-0.4, -0.2) is 17.2 Å². The number of rotatable bonds is 2. The van der Waals surface area contributed by atoms with E-state index in [0.29, 0.717) is 5.88 Å². The highest BCUT2D eigenvalue weighted by Gasteiger charge is 2.22. The number of fused-ring (bicyclic) bond motifs is 1. The molecule has 1 aromatic carbocycles. The predicted octanol–water partition coefficient (Wildman–Crippen LogP) is 2.74. The van der Waals surface area contributed by atoms with Gasteiger partial charge in [-0.25, -0.2) is 4.98 Å². The van der Waals surface area contributed by atoms with Gasteiger partial charge in [0.1, 0.15) is 0 Å². The van der Waals surface area contributed by atoms with Gasteiger partial charge in [0.05, 0.1) is 13.2 Å². The fraction of sp³-hybridized carbons (Fsp3) is 0.267. The molecule has 1 aliphatic carbocycles. The quantitative estimate of drug-likeness (QED) is 0.879. The molecule has 1 heterocycles. The lowest BCUT2D eigenvalue weighted by atomic mass is 9.98. The van der Waals surface area contributed by atoms with Crippen LogP contribution in [-0.2, 0) is 6.42 Å². The third-order valence-electron chi connectivity index (χ3n) is 3.50. The highest BCUT2D eigenvalue weighted by atomic mass is 16.5. The second-order valence-corrected chi connectivity index (χ2v) is 4.52. The molecule has 2 aromatic rings. The van der Waals surface area contributed by atoms with Crippen LogP contribution in [0.15, 0.2) is 36.5 Å². The highest BCUT2D eigenvalue weighted by molar-refractivity contribution is 5.69. The Morgan fingerprint density at radius 2 is 2.17 bits per heavy atom. The standard InChI is InChI=1S/C15H15NO2/c1-18-15-8-5-10(9-16-15)11-3-2-4-13-12(11)6-7-14(13)17/h2-5,8-9,14,17H,6-7H2,1H3/t14-/m0/s1. The van der Waals surface area contributed by atoms with Crippen LogP contribution in [0.5, 0.6) is 5.88 Å². The van der Waals surface area contributed by atoms with Crippen LogP contribution < -0.4 is 4.74 Å². The SMILES string of the molecule is COc1ccc(-c2cccc3c2CC[C@@H]3O)cn1. The molecule has 0 aliphatic heterocycles. The molecule has 0 radical (unpaired) electrons. The molecule has 1 N–H and O–H groups in total. The summed E-state index contributed by atoms with van der Waals surface area (Å²) in [7, 11) is 1.61. The first-order valence-corrected chi connectivity index (χ1v) is 6.10. The van der Waals surface area contributed by atoms with Crippen molar-refractivity contribution in [3.8, 4) is 17.0 Å². The zero-order valence-corrected chi connectivity index (χ0v) is 10.3. The highest BCUT2D eigenvalue weighted by Crippen LogP contribution is 2.37. The Bertz CT molecular complexity index is 563. The Hall–Kier alpha value is -1.87. The topological polar surface area (TPSA) is 42.4 Å². The lowest BCUT2D eigenvalue weighted by molar-refractivity contribution is 0.180. The molecular weight excluding hydrogens is 226 g/mol. The van der Waals surface area contributed by atoms with Gasteiger partial charge >= 0.3 is 0 Å². The molecular formula is C15H15NO2. The summed E-state index contributed by atoms with van der Waals surface area (Å²) in [4.78, 5) is 4.23. The van der Waals surface area contributed by atoms with E-state index in [9.17, 15) is 5.11 Å². The van der Waals surface area contributed by atoms with Gasteiger partial charge in [-0.3, -0.25) is 0 Å². The maximum atomic E-state index is 9.90. The molecule has 0 unspecified atom stereocenters.